The summed E-state index contributed by atoms with van der Waals surface area (Å²) in [6, 6.07) is 13.3. The van der Waals surface area contributed by atoms with Crippen molar-refractivity contribution >= 4 is 23.4 Å². The first-order chi connectivity index (χ1) is 14.5. The molecule has 1 amide bonds. The fourth-order valence-electron chi connectivity index (χ4n) is 3.42. The molecule has 0 bridgehead atoms. The molecule has 4 rings (SSSR count). The van der Waals surface area contributed by atoms with E-state index in [0.717, 1.165) is 22.4 Å². The average molecular weight is 423 g/mol. The van der Waals surface area contributed by atoms with E-state index in [2.05, 4.69) is 15.2 Å². The highest BCUT2D eigenvalue weighted by Gasteiger charge is 2.34. The van der Waals surface area contributed by atoms with Crippen LogP contribution in [0.25, 0.3) is 11.3 Å². The lowest BCUT2D eigenvalue weighted by atomic mass is 10.0. The van der Waals surface area contributed by atoms with Gasteiger partial charge < -0.3 is 9.47 Å². The summed E-state index contributed by atoms with van der Waals surface area (Å²) in [7, 11) is 1.61. The third kappa shape index (κ3) is 3.70. The van der Waals surface area contributed by atoms with E-state index in [1.165, 1.54) is 18.7 Å². The maximum atomic E-state index is 12.8. The lowest BCUT2D eigenvalue weighted by Gasteiger charge is -2.30. The maximum Gasteiger partial charge on any atom is 0.247 e. The monoisotopic (exact) mass is 422 g/mol. The number of nitrogens with zero attached hydrogens (tertiary/aromatic N) is 4. The van der Waals surface area contributed by atoms with Gasteiger partial charge in [-0.25, -0.2) is 0 Å². The Hall–Kier alpha value is -3.13. The summed E-state index contributed by atoms with van der Waals surface area (Å²) >= 11 is 1.48. The minimum atomic E-state index is -0.725. The van der Waals surface area contributed by atoms with Gasteiger partial charge in [-0.15, -0.1) is 10.2 Å². The van der Waals surface area contributed by atoms with Crippen LogP contribution in [0.2, 0.25) is 0 Å². The van der Waals surface area contributed by atoms with Crippen LogP contribution < -0.4 is 14.4 Å². The molecule has 0 saturated heterocycles. The van der Waals surface area contributed by atoms with Crippen molar-refractivity contribution in [1.82, 2.24) is 15.2 Å². The number of anilines is 1. The third-order valence-corrected chi connectivity index (χ3v) is 5.47. The Morgan fingerprint density at radius 2 is 2.07 bits per heavy atom. The summed E-state index contributed by atoms with van der Waals surface area (Å²) in [5.74, 6) is 1.69. The molecule has 154 valence electrons. The summed E-state index contributed by atoms with van der Waals surface area (Å²) < 4.78 is 11.7. The fraction of sp³-hybridized carbons (Fsp3) is 0.273. The number of benzene rings is 2. The first-order valence-corrected chi connectivity index (χ1v) is 10.6. The standard InChI is InChI=1S/C22H22N4O3S/c1-5-30-22-23-20-19(24-25-22)17-11-13(2)9-10-18(17)26(14(3)27)21(29-20)15-7-6-8-16(12-15)28-4/h6-12,21H,5H2,1-4H3/t21-/m0/s1. The molecule has 0 radical (unpaired) electrons. The zero-order valence-corrected chi connectivity index (χ0v) is 18.1. The second-order valence-electron chi connectivity index (χ2n) is 6.84. The second-order valence-corrected chi connectivity index (χ2v) is 8.07. The third-order valence-electron chi connectivity index (χ3n) is 4.75. The Morgan fingerprint density at radius 1 is 1.23 bits per heavy atom. The first kappa shape index (κ1) is 20.2. The highest BCUT2D eigenvalue weighted by molar-refractivity contribution is 7.99. The van der Waals surface area contributed by atoms with Crippen LogP contribution in [0, 0.1) is 6.92 Å². The highest BCUT2D eigenvalue weighted by atomic mass is 32.2. The van der Waals surface area contributed by atoms with Gasteiger partial charge in [0.05, 0.1) is 12.8 Å². The van der Waals surface area contributed by atoms with Crippen molar-refractivity contribution < 1.29 is 14.3 Å². The van der Waals surface area contributed by atoms with Crippen molar-refractivity contribution in [2.75, 3.05) is 17.8 Å². The summed E-state index contributed by atoms with van der Waals surface area (Å²) in [6.45, 7) is 5.54. The SMILES string of the molecule is CCSc1nnc2c(n1)O[C@@H](c1cccc(OC)c1)N(C(C)=O)c1ccc(C)cc1-2. The van der Waals surface area contributed by atoms with E-state index < -0.39 is 6.23 Å². The number of rotatable bonds is 4. The number of amides is 1. The van der Waals surface area contributed by atoms with Crippen molar-refractivity contribution in [3.05, 3.63) is 53.6 Å². The average Bonchev–Trinajstić information content (AvgIpc) is 2.88. The molecule has 1 aliphatic rings. The van der Waals surface area contributed by atoms with Crippen molar-refractivity contribution in [2.45, 2.75) is 32.2 Å². The van der Waals surface area contributed by atoms with Crippen molar-refractivity contribution in [2.24, 2.45) is 0 Å². The fourth-order valence-corrected chi connectivity index (χ4v) is 3.92. The minimum absolute atomic E-state index is 0.156. The molecular weight excluding hydrogens is 400 g/mol. The van der Waals surface area contributed by atoms with Crippen LogP contribution in [-0.4, -0.2) is 34.0 Å². The van der Waals surface area contributed by atoms with Crippen molar-refractivity contribution in [3.8, 4) is 22.9 Å². The summed E-state index contributed by atoms with van der Waals surface area (Å²) in [5, 5.41) is 9.19. The molecule has 0 N–H and O–H groups in total. The normalized spacial score (nSPS) is 14.9. The summed E-state index contributed by atoms with van der Waals surface area (Å²) in [5.41, 5.74) is 3.79. The Balaban J connectivity index is 1.96. The van der Waals surface area contributed by atoms with E-state index in [1.54, 1.807) is 12.0 Å². The molecule has 8 heteroatoms. The lowest BCUT2D eigenvalue weighted by Crippen LogP contribution is -2.36. The van der Waals surface area contributed by atoms with Gasteiger partial charge in [-0.2, -0.15) is 4.98 Å². The van der Waals surface area contributed by atoms with Crippen LogP contribution in [-0.2, 0) is 4.79 Å². The predicted octanol–water partition coefficient (Wildman–Crippen LogP) is 4.41. The van der Waals surface area contributed by atoms with Crippen molar-refractivity contribution in [3.63, 3.8) is 0 Å². The quantitative estimate of drug-likeness (QED) is 0.576. The van der Waals surface area contributed by atoms with Crippen LogP contribution in [0.4, 0.5) is 5.69 Å². The number of aromatic nitrogens is 3. The number of carbonyl (C=O) groups excluding carboxylic acids is 1. The number of fused-ring (bicyclic) bond motifs is 3. The smallest absolute Gasteiger partial charge is 0.247 e. The van der Waals surface area contributed by atoms with Crippen LogP contribution in [0.3, 0.4) is 0 Å². The van der Waals surface area contributed by atoms with Gasteiger partial charge in [-0.1, -0.05) is 42.4 Å². The molecule has 0 unspecified atom stereocenters. The number of aryl methyl sites for hydroxylation is 1. The number of hydrogen-bond acceptors (Lipinski definition) is 7. The van der Waals surface area contributed by atoms with Crippen LogP contribution in [0.5, 0.6) is 11.6 Å². The van der Waals surface area contributed by atoms with E-state index in [9.17, 15) is 4.79 Å². The Morgan fingerprint density at radius 3 is 2.80 bits per heavy atom. The molecule has 0 aliphatic carbocycles. The maximum absolute atomic E-state index is 12.8. The van der Waals surface area contributed by atoms with E-state index in [-0.39, 0.29) is 5.91 Å². The van der Waals surface area contributed by atoms with Gasteiger partial charge in [0.2, 0.25) is 23.2 Å². The van der Waals surface area contributed by atoms with Gasteiger partial charge in [0.1, 0.15) is 5.75 Å². The van der Waals surface area contributed by atoms with E-state index in [1.807, 2.05) is 56.3 Å². The molecule has 1 aromatic heterocycles. The zero-order valence-electron chi connectivity index (χ0n) is 17.2. The van der Waals surface area contributed by atoms with Gasteiger partial charge in [-0.05, 0) is 36.9 Å². The topological polar surface area (TPSA) is 77.4 Å². The molecule has 0 fully saturated rings. The van der Waals surface area contributed by atoms with Crippen LogP contribution in [0.1, 0.15) is 31.2 Å². The number of ether oxygens (including phenoxy) is 2. The number of carbonyl (C=O) groups is 1. The van der Waals surface area contributed by atoms with Gasteiger partial charge >= 0.3 is 0 Å². The Kier molecular flexibility index (Phi) is 5.59. The van der Waals surface area contributed by atoms with Crippen LogP contribution >= 0.6 is 11.8 Å². The molecule has 2 heterocycles. The van der Waals surface area contributed by atoms with Crippen molar-refractivity contribution in [1.29, 1.82) is 0 Å². The highest BCUT2D eigenvalue weighted by Crippen LogP contribution is 2.44. The van der Waals surface area contributed by atoms with Gasteiger partial charge in [0.15, 0.2) is 5.69 Å². The largest absolute Gasteiger partial charge is 0.497 e. The van der Waals surface area contributed by atoms with Gasteiger partial charge in [0.25, 0.3) is 0 Å². The van der Waals surface area contributed by atoms with E-state index >= 15 is 0 Å². The second kappa shape index (κ2) is 8.31. The lowest BCUT2D eigenvalue weighted by molar-refractivity contribution is -0.118. The molecule has 3 aromatic rings. The summed E-state index contributed by atoms with van der Waals surface area (Å²) in [4.78, 5) is 19.0. The molecule has 30 heavy (non-hydrogen) atoms. The molecule has 7 nitrogen and oxygen atoms in total. The number of thioether (sulfide) groups is 1. The Labute approximate surface area is 179 Å². The number of methoxy groups -OCH3 is 1. The van der Waals surface area contributed by atoms with E-state index in [0.29, 0.717) is 28.2 Å². The molecule has 0 saturated carbocycles. The Bertz CT molecular complexity index is 1110. The zero-order chi connectivity index (χ0) is 21.3. The number of hydrogen-bond donors (Lipinski definition) is 0. The molecule has 0 spiro atoms. The molecular formula is C22H22N4O3S. The minimum Gasteiger partial charge on any atom is -0.497 e. The van der Waals surface area contributed by atoms with E-state index in [4.69, 9.17) is 9.47 Å². The van der Waals surface area contributed by atoms with Gasteiger partial charge in [-0.3, -0.25) is 9.69 Å². The predicted molar refractivity (Wildman–Crippen MR) is 116 cm³/mol. The first-order valence-electron chi connectivity index (χ1n) is 9.60. The van der Waals surface area contributed by atoms with Crippen LogP contribution in [0.15, 0.2) is 47.6 Å². The van der Waals surface area contributed by atoms with Gasteiger partial charge in [0, 0.05) is 18.1 Å². The summed E-state index contributed by atoms with van der Waals surface area (Å²) in [6.07, 6.45) is -0.725. The molecule has 1 aliphatic heterocycles. The molecule has 1 atom stereocenters. The molecule has 2 aromatic carbocycles.